The molecular weight excluding hydrogens is 418 g/mol. The van der Waals surface area contributed by atoms with Gasteiger partial charge in [-0.15, -0.1) is 11.3 Å². The minimum Gasteiger partial charge on any atom is -0.497 e. The van der Waals surface area contributed by atoms with E-state index in [9.17, 15) is 9.59 Å². The maximum Gasteiger partial charge on any atom is 0.263 e. The fourth-order valence-electron chi connectivity index (χ4n) is 3.22. The lowest BCUT2D eigenvalue weighted by atomic mass is 10.2. The highest BCUT2D eigenvalue weighted by atomic mass is 32.1. The van der Waals surface area contributed by atoms with Gasteiger partial charge in [-0.1, -0.05) is 6.07 Å². The summed E-state index contributed by atoms with van der Waals surface area (Å²) in [5.41, 5.74) is 0.704. The van der Waals surface area contributed by atoms with Gasteiger partial charge in [-0.25, -0.2) is 4.68 Å². The fourth-order valence-corrected chi connectivity index (χ4v) is 3.90. The largest absolute Gasteiger partial charge is 0.497 e. The lowest BCUT2D eigenvalue weighted by molar-refractivity contribution is -0.125. The standard InChI is InChI=1S/C21H23N5O4S/c1-13-10-19(27)24-21(22-13)26-18(11-16(25-26)17-4-3-9-31-17)23-20(28)12-30-15-7-5-14(29-2)6-8-15/h3-9,11,13,21-22H,10,12H2,1-2H3,(H,23,28)(H,24,27). The first kappa shape index (κ1) is 20.9. The van der Waals surface area contributed by atoms with E-state index in [0.29, 0.717) is 29.4 Å². The quantitative estimate of drug-likeness (QED) is 0.520. The number of hydrogen-bond acceptors (Lipinski definition) is 7. The van der Waals surface area contributed by atoms with E-state index in [1.54, 1.807) is 53.5 Å². The zero-order valence-electron chi connectivity index (χ0n) is 17.1. The monoisotopic (exact) mass is 441 g/mol. The van der Waals surface area contributed by atoms with Gasteiger partial charge in [0.25, 0.3) is 5.91 Å². The Bertz CT molecular complexity index is 1050. The number of benzene rings is 1. The highest BCUT2D eigenvalue weighted by Gasteiger charge is 2.27. The molecule has 3 aromatic rings. The summed E-state index contributed by atoms with van der Waals surface area (Å²) >= 11 is 1.54. The summed E-state index contributed by atoms with van der Waals surface area (Å²) in [6, 6.07) is 12.6. The minimum atomic E-state index is -0.567. The topological polar surface area (TPSA) is 107 Å². The van der Waals surface area contributed by atoms with Gasteiger partial charge in [0.2, 0.25) is 5.91 Å². The highest BCUT2D eigenvalue weighted by molar-refractivity contribution is 7.13. The van der Waals surface area contributed by atoms with Crippen molar-refractivity contribution < 1.29 is 19.1 Å². The van der Waals surface area contributed by atoms with Crippen LogP contribution in [0.15, 0.2) is 47.8 Å². The SMILES string of the molecule is COc1ccc(OCC(=O)Nc2cc(-c3cccs3)nn2C2NC(=O)CC(C)N2)cc1. The molecule has 3 N–H and O–H groups in total. The van der Waals surface area contributed by atoms with Gasteiger partial charge in [0.15, 0.2) is 12.9 Å². The molecule has 1 saturated heterocycles. The maximum atomic E-state index is 12.6. The van der Waals surface area contributed by atoms with E-state index in [1.165, 1.54) is 0 Å². The lowest BCUT2D eigenvalue weighted by Crippen LogP contribution is -2.52. The normalized spacial score (nSPS) is 18.3. The summed E-state index contributed by atoms with van der Waals surface area (Å²) in [6.45, 7) is 1.75. The molecule has 2 unspecified atom stereocenters. The molecule has 0 aliphatic carbocycles. The van der Waals surface area contributed by atoms with Gasteiger partial charge in [-0.05, 0) is 42.6 Å². The fraction of sp³-hybridized carbons (Fsp3) is 0.286. The first-order valence-corrected chi connectivity index (χ1v) is 10.7. The Balaban J connectivity index is 1.50. The number of methoxy groups -OCH3 is 1. The molecule has 1 aliphatic rings. The molecule has 0 spiro atoms. The maximum absolute atomic E-state index is 12.6. The summed E-state index contributed by atoms with van der Waals surface area (Å²) < 4.78 is 12.2. The molecule has 2 atom stereocenters. The highest BCUT2D eigenvalue weighted by Crippen LogP contribution is 2.28. The van der Waals surface area contributed by atoms with Crippen LogP contribution in [-0.4, -0.2) is 41.4 Å². The third kappa shape index (κ3) is 5.04. The van der Waals surface area contributed by atoms with Crippen molar-refractivity contribution in [2.24, 2.45) is 0 Å². The molecule has 4 rings (SSSR count). The first-order chi connectivity index (χ1) is 15.0. The molecule has 0 radical (unpaired) electrons. The third-order valence-corrected chi connectivity index (χ3v) is 5.57. The van der Waals surface area contributed by atoms with Gasteiger partial charge in [0.1, 0.15) is 23.0 Å². The molecule has 10 heteroatoms. The predicted molar refractivity (Wildman–Crippen MR) is 117 cm³/mol. The zero-order valence-corrected chi connectivity index (χ0v) is 17.9. The Hall–Kier alpha value is -3.37. The van der Waals surface area contributed by atoms with Gasteiger partial charge >= 0.3 is 0 Å². The molecular formula is C21H23N5O4S. The van der Waals surface area contributed by atoms with Crippen molar-refractivity contribution >= 4 is 29.0 Å². The molecule has 2 amide bonds. The number of rotatable bonds is 7. The van der Waals surface area contributed by atoms with Crippen LogP contribution in [0.25, 0.3) is 10.6 Å². The molecule has 3 heterocycles. The Kier molecular flexibility index (Phi) is 6.19. The molecule has 9 nitrogen and oxygen atoms in total. The van der Waals surface area contributed by atoms with Crippen molar-refractivity contribution in [1.29, 1.82) is 0 Å². The number of carbonyl (C=O) groups excluding carboxylic acids is 2. The number of thiophene rings is 1. The second-order valence-electron chi connectivity index (χ2n) is 7.09. The Morgan fingerprint density at radius 2 is 2.06 bits per heavy atom. The Labute approximate surface area is 183 Å². The summed E-state index contributed by atoms with van der Waals surface area (Å²) in [7, 11) is 1.58. The number of nitrogens with zero attached hydrogens (tertiary/aromatic N) is 2. The Morgan fingerprint density at radius 3 is 2.74 bits per heavy atom. The van der Waals surface area contributed by atoms with Crippen LogP contribution in [0.5, 0.6) is 11.5 Å². The molecule has 162 valence electrons. The number of ether oxygens (including phenoxy) is 2. The zero-order chi connectivity index (χ0) is 21.8. The average Bonchev–Trinajstić information content (AvgIpc) is 3.42. The van der Waals surface area contributed by atoms with Crippen LogP contribution < -0.4 is 25.4 Å². The average molecular weight is 442 g/mol. The molecule has 1 aromatic carbocycles. The third-order valence-electron chi connectivity index (χ3n) is 4.68. The molecule has 1 fully saturated rings. The second-order valence-corrected chi connectivity index (χ2v) is 8.04. The molecule has 1 aliphatic heterocycles. The number of anilines is 1. The van der Waals surface area contributed by atoms with Crippen LogP contribution in [0.2, 0.25) is 0 Å². The van der Waals surface area contributed by atoms with Crippen LogP contribution in [0, 0.1) is 0 Å². The molecule has 0 saturated carbocycles. The summed E-state index contributed by atoms with van der Waals surface area (Å²) in [4.78, 5) is 25.5. The second kappa shape index (κ2) is 9.19. The van der Waals surface area contributed by atoms with E-state index in [1.807, 2.05) is 24.4 Å². The van der Waals surface area contributed by atoms with E-state index in [4.69, 9.17) is 9.47 Å². The number of amides is 2. The van der Waals surface area contributed by atoms with Crippen molar-refractivity contribution in [3.05, 3.63) is 47.8 Å². The van der Waals surface area contributed by atoms with E-state index in [-0.39, 0.29) is 24.5 Å². The number of aromatic nitrogens is 2. The van der Waals surface area contributed by atoms with Crippen LogP contribution in [-0.2, 0) is 9.59 Å². The first-order valence-electron chi connectivity index (χ1n) is 9.77. The lowest BCUT2D eigenvalue weighted by Gasteiger charge is -2.30. The smallest absolute Gasteiger partial charge is 0.263 e. The molecule has 0 bridgehead atoms. The molecule has 2 aromatic heterocycles. The van der Waals surface area contributed by atoms with Gasteiger partial charge < -0.3 is 20.1 Å². The van der Waals surface area contributed by atoms with Gasteiger partial charge in [0.05, 0.1) is 12.0 Å². The summed E-state index contributed by atoms with van der Waals surface area (Å²) in [5.74, 6) is 1.30. The van der Waals surface area contributed by atoms with Crippen LogP contribution in [0.3, 0.4) is 0 Å². The number of hydrogen-bond donors (Lipinski definition) is 3. The number of nitrogens with one attached hydrogen (secondary N) is 3. The summed E-state index contributed by atoms with van der Waals surface area (Å²) in [6.07, 6.45) is -0.185. The minimum absolute atomic E-state index is 0.0184. The predicted octanol–water partition coefficient (Wildman–Crippen LogP) is 2.59. The van der Waals surface area contributed by atoms with Gasteiger partial charge in [0, 0.05) is 18.5 Å². The van der Waals surface area contributed by atoms with E-state index < -0.39 is 6.29 Å². The van der Waals surface area contributed by atoms with Crippen molar-refractivity contribution in [3.63, 3.8) is 0 Å². The van der Waals surface area contributed by atoms with Crippen LogP contribution in [0.1, 0.15) is 19.6 Å². The van der Waals surface area contributed by atoms with E-state index in [0.717, 1.165) is 4.88 Å². The summed E-state index contributed by atoms with van der Waals surface area (Å²) in [5, 5.41) is 15.6. The molecule has 31 heavy (non-hydrogen) atoms. The van der Waals surface area contributed by atoms with E-state index in [2.05, 4.69) is 21.0 Å². The Morgan fingerprint density at radius 1 is 1.29 bits per heavy atom. The van der Waals surface area contributed by atoms with Crippen LogP contribution >= 0.6 is 11.3 Å². The van der Waals surface area contributed by atoms with Crippen molar-refractivity contribution in [2.75, 3.05) is 19.0 Å². The van der Waals surface area contributed by atoms with Crippen molar-refractivity contribution in [2.45, 2.75) is 25.7 Å². The van der Waals surface area contributed by atoms with Gasteiger partial charge in [-0.2, -0.15) is 5.10 Å². The van der Waals surface area contributed by atoms with E-state index >= 15 is 0 Å². The van der Waals surface area contributed by atoms with Crippen LogP contribution in [0.4, 0.5) is 5.82 Å². The number of carbonyl (C=O) groups is 2. The van der Waals surface area contributed by atoms with Crippen molar-refractivity contribution in [1.82, 2.24) is 20.4 Å². The van der Waals surface area contributed by atoms with Crippen molar-refractivity contribution in [3.8, 4) is 22.1 Å². The van der Waals surface area contributed by atoms with Gasteiger partial charge in [-0.3, -0.25) is 14.9 Å².